The van der Waals surface area contributed by atoms with Crippen molar-refractivity contribution in [3.05, 3.63) is 23.4 Å². The molecule has 4 heteroatoms. The van der Waals surface area contributed by atoms with E-state index in [1.165, 1.54) is 36.3 Å². The summed E-state index contributed by atoms with van der Waals surface area (Å²) in [7, 11) is 3.91. The first-order valence-corrected chi connectivity index (χ1v) is 7.02. The molecule has 0 radical (unpaired) electrons. The summed E-state index contributed by atoms with van der Waals surface area (Å²) in [5, 5.41) is 4.05. The van der Waals surface area contributed by atoms with Gasteiger partial charge in [-0.1, -0.05) is 0 Å². The number of rotatable bonds is 1. The van der Waals surface area contributed by atoms with E-state index < -0.39 is 0 Å². The first-order valence-electron chi connectivity index (χ1n) is 7.02. The Balaban J connectivity index is 2.06. The Hall–Kier alpha value is -1.42. The van der Waals surface area contributed by atoms with Crippen molar-refractivity contribution >= 4 is 11.6 Å². The number of fused-ring (bicyclic) bond motifs is 1. The molecule has 1 heterocycles. The fraction of sp³-hybridized carbons (Fsp3) is 0.600. The molecule has 0 aromatic rings. The molecule has 2 unspecified atom stereocenters. The molecule has 3 rings (SSSR count). The van der Waals surface area contributed by atoms with E-state index in [0.717, 1.165) is 19.3 Å². The number of carbonyl (C=O) groups is 2. The van der Waals surface area contributed by atoms with Gasteiger partial charge in [0.25, 0.3) is 0 Å². The molecule has 0 aromatic carbocycles. The monoisotopic (exact) mass is 260 g/mol. The molecular weight excluding hydrogens is 240 g/mol. The molecule has 102 valence electrons. The van der Waals surface area contributed by atoms with Gasteiger partial charge in [0.15, 0.2) is 11.6 Å². The van der Waals surface area contributed by atoms with Crippen LogP contribution in [-0.4, -0.2) is 41.7 Å². The van der Waals surface area contributed by atoms with Gasteiger partial charge in [0.05, 0.1) is 5.92 Å². The lowest BCUT2D eigenvalue weighted by Gasteiger charge is -2.48. The molecule has 2 aliphatic carbocycles. The number of allylic oxidation sites excluding steroid dienone is 3. The summed E-state index contributed by atoms with van der Waals surface area (Å²) in [6.45, 7) is 0. The van der Waals surface area contributed by atoms with Gasteiger partial charge >= 0.3 is 0 Å². The van der Waals surface area contributed by atoms with Gasteiger partial charge in [0.2, 0.25) is 0 Å². The zero-order chi connectivity index (χ0) is 13.6. The highest BCUT2D eigenvalue weighted by molar-refractivity contribution is 6.09. The largest absolute Gasteiger partial charge is 0.299 e. The van der Waals surface area contributed by atoms with Crippen LogP contribution in [0.15, 0.2) is 23.4 Å². The van der Waals surface area contributed by atoms with Crippen LogP contribution < -0.4 is 0 Å². The van der Waals surface area contributed by atoms with Crippen LogP contribution in [0.25, 0.3) is 0 Å². The van der Waals surface area contributed by atoms with Crippen molar-refractivity contribution in [3.63, 3.8) is 0 Å². The number of hydrazine groups is 1. The molecule has 4 nitrogen and oxygen atoms in total. The van der Waals surface area contributed by atoms with E-state index in [0.29, 0.717) is 0 Å². The molecule has 3 aliphatic rings. The zero-order valence-corrected chi connectivity index (χ0v) is 11.6. The number of hydrogen-bond acceptors (Lipinski definition) is 4. The summed E-state index contributed by atoms with van der Waals surface area (Å²) in [6.07, 6.45) is 8.18. The molecule has 1 aliphatic heterocycles. The molecule has 0 N–H and O–H groups in total. The van der Waals surface area contributed by atoms with E-state index in [4.69, 9.17) is 0 Å². The van der Waals surface area contributed by atoms with Crippen molar-refractivity contribution in [1.82, 2.24) is 10.0 Å². The van der Waals surface area contributed by atoms with Crippen molar-refractivity contribution in [2.45, 2.75) is 38.1 Å². The van der Waals surface area contributed by atoms with Gasteiger partial charge in [-0.15, -0.1) is 0 Å². The van der Waals surface area contributed by atoms with Crippen LogP contribution in [0.5, 0.6) is 0 Å². The second-order valence-corrected chi connectivity index (χ2v) is 5.84. The molecule has 0 bridgehead atoms. The van der Waals surface area contributed by atoms with Crippen LogP contribution in [0.4, 0.5) is 0 Å². The summed E-state index contributed by atoms with van der Waals surface area (Å²) in [4.78, 5) is 24.3. The standard InChI is InChI=1S/C15H20N2O2/c1-16(2)17-12-6-4-3-5-10(12)9-11-13(18)7-8-14(19)15(11)17/h7-8,11,15H,3-6,9H2,1-2H3. The minimum Gasteiger partial charge on any atom is -0.299 e. The van der Waals surface area contributed by atoms with E-state index in [9.17, 15) is 9.59 Å². The van der Waals surface area contributed by atoms with E-state index in [-0.39, 0.29) is 23.5 Å². The second-order valence-electron chi connectivity index (χ2n) is 5.84. The smallest absolute Gasteiger partial charge is 0.180 e. The zero-order valence-electron chi connectivity index (χ0n) is 11.6. The molecular formula is C15H20N2O2. The molecule has 0 saturated carbocycles. The highest BCUT2D eigenvalue weighted by Gasteiger charge is 2.45. The lowest BCUT2D eigenvalue weighted by Crippen LogP contribution is -2.57. The molecule has 0 amide bonds. The Labute approximate surface area is 113 Å². The highest BCUT2D eigenvalue weighted by atomic mass is 16.1. The van der Waals surface area contributed by atoms with E-state index in [1.807, 2.05) is 19.1 Å². The van der Waals surface area contributed by atoms with Gasteiger partial charge in [0.1, 0.15) is 6.04 Å². The topological polar surface area (TPSA) is 40.6 Å². The van der Waals surface area contributed by atoms with Crippen LogP contribution >= 0.6 is 0 Å². The first kappa shape index (κ1) is 12.6. The van der Waals surface area contributed by atoms with Crippen molar-refractivity contribution in [2.75, 3.05) is 14.1 Å². The quantitative estimate of drug-likeness (QED) is 0.719. The lowest BCUT2D eigenvalue weighted by atomic mass is 9.75. The van der Waals surface area contributed by atoms with Gasteiger partial charge in [0, 0.05) is 19.8 Å². The Morgan fingerprint density at radius 2 is 1.79 bits per heavy atom. The second kappa shape index (κ2) is 4.60. The number of ketones is 2. The maximum atomic E-state index is 12.2. The number of hydrogen-bond donors (Lipinski definition) is 0. The molecule has 0 saturated heterocycles. The van der Waals surface area contributed by atoms with Crippen LogP contribution in [0.2, 0.25) is 0 Å². The van der Waals surface area contributed by atoms with E-state index in [2.05, 4.69) is 5.01 Å². The Morgan fingerprint density at radius 1 is 1.11 bits per heavy atom. The lowest BCUT2D eigenvalue weighted by molar-refractivity contribution is -0.137. The third kappa shape index (κ3) is 1.94. The van der Waals surface area contributed by atoms with Crippen molar-refractivity contribution in [2.24, 2.45) is 5.92 Å². The predicted octanol–water partition coefficient (Wildman–Crippen LogP) is 1.69. The predicted molar refractivity (Wildman–Crippen MR) is 72.1 cm³/mol. The van der Waals surface area contributed by atoms with Crippen LogP contribution in [0.1, 0.15) is 32.1 Å². The van der Waals surface area contributed by atoms with Crippen LogP contribution in [0, 0.1) is 5.92 Å². The van der Waals surface area contributed by atoms with Crippen LogP contribution in [0.3, 0.4) is 0 Å². The minimum absolute atomic E-state index is 0.0652. The third-order valence-electron chi connectivity index (χ3n) is 4.44. The Morgan fingerprint density at radius 3 is 2.53 bits per heavy atom. The molecule has 2 atom stereocenters. The third-order valence-corrected chi connectivity index (χ3v) is 4.44. The van der Waals surface area contributed by atoms with E-state index >= 15 is 0 Å². The average molecular weight is 260 g/mol. The number of carbonyl (C=O) groups excluding carboxylic acids is 2. The summed E-state index contributed by atoms with van der Waals surface area (Å²) in [5.74, 6) is -0.0132. The van der Waals surface area contributed by atoms with Crippen molar-refractivity contribution in [1.29, 1.82) is 0 Å². The van der Waals surface area contributed by atoms with Crippen molar-refractivity contribution < 1.29 is 9.59 Å². The fourth-order valence-corrected chi connectivity index (χ4v) is 3.62. The van der Waals surface area contributed by atoms with Crippen molar-refractivity contribution in [3.8, 4) is 0 Å². The van der Waals surface area contributed by atoms with E-state index in [1.54, 1.807) is 0 Å². The van der Waals surface area contributed by atoms with Crippen LogP contribution in [-0.2, 0) is 9.59 Å². The molecule has 19 heavy (non-hydrogen) atoms. The fourth-order valence-electron chi connectivity index (χ4n) is 3.62. The van der Waals surface area contributed by atoms with Gasteiger partial charge in [-0.3, -0.25) is 14.6 Å². The summed E-state index contributed by atoms with van der Waals surface area (Å²) in [5.41, 5.74) is 2.67. The normalized spacial score (nSPS) is 30.8. The molecule has 0 spiro atoms. The summed E-state index contributed by atoms with van der Waals surface area (Å²) < 4.78 is 0. The SMILES string of the molecule is CN(C)N1C2=C(CCCC2)CC2C(=O)C=CC(=O)C21. The first-order chi connectivity index (χ1) is 9.09. The maximum Gasteiger partial charge on any atom is 0.180 e. The Bertz CT molecular complexity index is 490. The van der Waals surface area contributed by atoms with Gasteiger partial charge < -0.3 is 0 Å². The molecule has 0 aromatic heterocycles. The van der Waals surface area contributed by atoms with Gasteiger partial charge in [-0.2, -0.15) is 0 Å². The highest BCUT2D eigenvalue weighted by Crippen LogP contribution is 2.41. The summed E-state index contributed by atoms with van der Waals surface area (Å²) in [6, 6.07) is -0.315. The summed E-state index contributed by atoms with van der Waals surface area (Å²) >= 11 is 0. The maximum absolute atomic E-state index is 12.2. The molecule has 0 fully saturated rings. The minimum atomic E-state index is -0.315. The number of nitrogens with zero attached hydrogens (tertiary/aromatic N) is 2. The Kier molecular flexibility index (Phi) is 3.05. The average Bonchev–Trinajstić information content (AvgIpc) is 2.40. The van der Waals surface area contributed by atoms with Gasteiger partial charge in [-0.25, -0.2) is 5.01 Å². The van der Waals surface area contributed by atoms with Gasteiger partial charge in [-0.05, 0) is 49.8 Å².